The monoisotopic (exact) mass is 332 g/mol. The van der Waals surface area contributed by atoms with Crippen LogP contribution < -0.4 is 16.0 Å². The van der Waals surface area contributed by atoms with Crippen LogP contribution in [0.2, 0.25) is 5.02 Å². The normalized spacial score (nSPS) is 15.6. The van der Waals surface area contributed by atoms with Crippen LogP contribution in [0, 0.1) is 17.2 Å². The first kappa shape index (κ1) is 17.0. The SMILES string of the molecule is N#C/C(=C/NC(=O)C1CCNCC1)C(=O)Nc1cccc(Cl)c1. The summed E-state index contributed by atoms with van der Waals surface area (Å²) in [4.78, 5) is 24.0. The van der Waals surface area contributed by atoms with Gasteiger partial charge in [0.25, 0.3) is 5.91 Å². The molecule has 1 aromatic rings. The van der Waals surface area contributed by atoms with Crippen molar-refractivity contribution >= 4 is 29.1 Å². The number of nitrogens with one attached hydrogen (secondary N) is 3. The minimum atomic E-state index is -0.597. The molecule has 0 aromatic heterocycles. The third-order valence-corrected chi connectivity index (χ3v) is 3.75. The molecule has 0 unspecified atom stereocenters. The van der Waals surface area contributed by atoms with Crippen molar-refractivity contribution in [3.05, 3.63) is 41.1 Å². The van der Waals surface area contributed by atoms with Gasteiger partial charge in [0.05, 0.1) is 0 Å². The largest absolute Gasteiger partial charge is 0.331 e. The molecule has 0 bridgehead atoms. The molecule has 0 atom stereocenters. The van der Waals surface area contributed by atoms with Crippen LogP contribution in [0.4, 0.5) is 5.69 Å². The molecule has 0 spiro atoms. The molecule has 6 nitrogen and oxygen atoms in total. The first-order valence-corrected chi connectivity index (χ1v) is 7.66. The average molecular weight is 333 g/mol. The zero-order valence-corrected chi connectivity index (χ0v) is 13.2. The van der Waals surface area contributed by atoms with Gasteiger partial charge in [0.1, 0.15) is 11.6 Å². The van der Waals surface area contributed by atoms with Gasteiger partial charge in [-0.25, -0.2) is 0 Å². The van der Waals surface area contributed by atoms with E-state index in [0.717, 1.165) is 32.1 Å². The van der Waals surface area contributed by atoms with Gasteiger partial charge in [0.2, 0.25) is 5.91 Å². The number of amides is 2. The van der Waals surface area contributed by atoms with Crippen molar-refractivity contribution in [1.29, 1.82) is 5.26 Å². The van der Waals surface area contributed by atoms with Crippen molar-refractivity contribution in [3.63, 3.8) is 0 Å². The Labute approximate surface area is 139 Å². The van der Waals surface area contributed by atoms with Crippen LogP contribution in [-0.4, -0.2) is 24.9 Å². The minimum absolute atomic E-state index is 0.0940. The highest BCUT2D eigenvalue weighted by Gasteiger charge is 2.20. The van der Waals surface area contributed by atoms with Gasteiger partial charge in [-0.05, 0) is 44.1 Å². The number of carbonyl (C=O) groups excluding carboxylic acids is 2. The van der Waals surface area contributed by atoms with Gasteiger partial charge < -0.3 is 16.0 Å². The molecule has 0 saturated carbocycles. The lowest BCUT2D eigenvalue weighted by molar-refractivity contribution is -0.124. The number of halogens is 1. The Kier molecular flexibility index (Phi) is 6.15. The number of nitrogens with zero attached hydrogens (tertiary/aromatic N) is 1. The smallest absolute Gasteiger partial charge is 0.267 e. The van der Waals surface area contributed by atoms with Crippen LogP contribution >= 0.6 is 11.6 Å². The number of rotatable bonds is 4. The quantitative estimate of drug-likeness (QED) is 0.579. The van der Waals surface area contributed by atoms with Crippen molar-refractivity contribution in [2.75, 3.05) is 18.4 Å². The average Bonchev–Trinajstić information content (AvgIpc) is 2.56. The molecule has 2 amide bonds. The summed E-state index contributed by atoms with van der Waals surface area (Å²) >= 11 is 5.84. The number of carbonyl (C=O) groups is 2. The van der Waals surface area contributed by atoms with E-state index in [1.165, 1.54) is 0 Å². The topological polar surface area (TPSA) is 94.0 Å². The van der Waals surface area contributed by atoms with E-state index < -0.39 is 5.91 Å². The zero-order valence-electron chi connectivity index (χ0n) is 12.4. The van der Waals surface area contributed by atoms with Crippen molar-refractivity contribution < 1.29 is 9.59 Å². The molecule has 120 valence electrons. The maximum atomic E-state index is 12.0. The first-order valence-electron chi connectivity index (χ1n) is 7.28. The van der Waals surface area contributed by atoms with Gasteiger partial charge in [0, 0.05) is 22.8 Å². The van der Waals surface area contributed by atoms with Crippen LogP contribution in [0.25, 0.3) is 0 Å². The molecule has 1 aliphatic rings. The van der Waals surface area contributed by atoms with E-state index in [1.807, 2.05) is 0 Å². The van der Waals surface area contributed by atoms with Gasteiger partial charge in [0.15, 0.2) is 0 Å². The lowest BCUT2D eigenvalue weighted by Gasteiger charge is -2.20. The number of piperidine rings is 1. The molecule has 1 fully saturated rings. The van der Waals surface area contributed by atoms with Gasteiger partial charge in [-0.15, -0.1) is 0 Å². The Morgan fingerprint density at radius 2 is 2.09 bits per heavy atom. The van der Waals surface area contributed by atoms with Crippen LogP contribution in [0.3, 0.4) is 0 Å². The maximum Gasteiger partial charge on any atom is 0.267 e. The summed E-state index contributed by atoms with van der Waals surface area (Å²) in [5.41, 5.74) is 0.306. The van der Waals surface area contributed by atoms with E-state index in [2.05, 4.69) is 16.0 Å². The fourth-order valence-corrected chi connectivity index (χ4v) is 2.45. The number of nitriles is 1. The van der Waals surface area contributed by atoms with E-state index in [1.54, 1.807) is 30.3 Å². The van der Waals surface area contributed by atoms with Crippen LogP contribution in [-0.2, 0) is 9.59 Å². The molecule has 0 radical (unpaired) electrons. The van der Waals surface area contributed by atoms with Crippen LogP contribution in [0.5, 0.6) is 0 Å². The van der Waals surface area contributed by atoms with E-state index >= 15 is 0 Å². The molecular formula is C16H17ClN4O2. The second-order valence-corrected chi connectivity index (χ2v) is 5.60. The third-order valence-electron chi connectivity index (χ3n) is 3.52. The molecule has 3 N–H and O–H groups in total. The van der Waals surface area contributed by atoms with Gasteiger partial charge >= 0.3 is 0 Å². The van der Waals surface area contributed by atoms with E-state index in [0.29, 0.717) is 10.7 Å². The fraction of sp³-hybridized carbons (Fsp3) is 0.312. The molecule has 2 rings (SSSR count). The summed E-state index contributed by atoms with van der Waals surface area (Å²) < 4.78 is 0. The number of hydrogen-bond acceptors (Lipinski definition) is 4. The fourth-order valence-electron chi connectivity index (χ4n) is 2.26. The van der Waals surface area contributed by atoms with Crippen LogP contribution in [0.1, 0.15) is 12.8 Å². The van der Waals surface area contributed by atoms with E-state index in [4.69, 9.17) is 16.9 Å². The Balaban J connectivity index is 1.96. The third kappa shape index (κ3) is 5.09. The highest BCUT2D eigenvalue weighted by atomic mass is 35.5. The summed E-state index contributed by atoms with van der Waals surface area (Å²) in [5.74, 6) is -0.862. The summed E-state index contributed by atoms with van der Waals surface area (Å²) in [6.45, 7) is 1.59. The van der Waals surface area contributed by atoms with Gasteiger partial charge in [-0.1, -0.05) is 17.7 Å². The molecule has 23 heavy (non-hydrogen) atoms. The Hall–Kier alpha value is -2.36. The summed E-state index contributed by atoms with van der Waals surface area (Å²) in [7, 11) is 0. The highest BCUT2D eigenvalue weighted by Crippen LogP contribution is 2.15. The summed E-state index contributed by atoms with van der Waals surface area (Å²) in [6.07, 6.45) is 2.65. The first-order chi connectivity index (χ1) is 11.1. The van der Waals surface area contributed by atoms with Crippen molar-refractivity contribution in [2.45, 2.75) is 12.8 Å². The Morgan fingerprint density at radius 1 is 1.35 bits per heavy atom. The van der Waals surface area contributed by atoms with Crippen LogP contribution in [0.15, 0.2) is 36.0 Å². The second-order valence-electron chi connectivity index (χ2n) is 5.17. The zero-order chi connectivity index (χ0) is 16.7. The summed E-state index contributed by atoms with van der Waals surface area (Å²) in [6, 6.07) is 8.38. The van der Waals surface area contributed by atoms with Gasteiger partial charge in [-0.3, -0.25) is 9.59 Å². The maximum absolute atomic E-state index is 12.0. The molecule has 7 heteroatoms. The molecule has 1 aliphatic heterocycles. The molecule has 0 aliphatic carbocycles. The standard InChI is InChI=1S/C16H17ClN4O2/c17-13-2-1-3-14(8-13)21-16(23)12(9-18)10-20-15(22)11-4-6-19-7-5-11/h1-3,8,10-11,19H,4-7H2,(H,20,22)(H,21,23)/b12-10-. The molecule has 1 aromatic carbocycles. The van der Waals surface area contributed by atoms with E-state index in [9.17, 15) is 9.59 Å². The summed E-state index contributed by atoms with van der Waals surface area (Å²) in [5, 5.41) is 17.8. The number of benzene rings is 1. The van der Waals surface area contributed by atoms with Crippen molar-refractivity contribution in [1.82, 2.24) is 10.6 Å². The molecule has 1 heterocycles. The lowest BCUT2D eigenvalue weighted by atomic mass is 9.97. The molecular weight excluding hydrogens is 316 g/mol. The highest BCUT2D eigenvalue weighted by molar-refractivity contribution is 6.31. The van der Waals surface area contributed by atoms with Crippen molar-refractivity contribution in [2.24, 2.45) is 5.92 Å². The second kappa shape index (κ2) is 8.32. The lowest BCUT2D eigenvalue weighted by Crippen LogP contribution is -2.36. The Bertz CT molecular complexity index is 660. The van der Waals surface area contributed by atoms with E-state index in [-0.39, 0.29) is 17.4 Å². The van der Waals surface area contributed by atoms with Crippen molar-refractivity contribution in [3.8, 4) is 6.07 Å². The number of anilines is 1. The number of hydrogen-bond donors (Lipinski definition) is 3. The Morgan fingerprint density at radius 3 is 2.74 bits per heavy atom. The minimum Gasteiger partial charge on any atom is -0.331 e. The molecule has 1 saturated heterocycles. The predicted octanol–water partition coefficient (Wildman–Crippen LogP) is 1.80. The predicted molar refractivity (Wildman–Crippen MR) is 87.5 cm³/mol. The van der Waals surface area contributed by atoms with Gasteiger partial charge in [-0.2, -0.15) is 5.26 Å².